The van der Waals surface area contributed by atoms with Crippen LogP contribution in [-0.2, 0) is 17.8 Å². The Labute approximate surface area is 104 Å². The summed E-state index contributed by atoms with van der Waals surface area (Å²) in [5.41, 5.74) is 8.09. The van der Waals surface area contributed by atoms with Crippen LogP contribution >= 0.6 is 0 Å². The molecule has 2 N–H and O–H groups in total. The van der Waals surface area contributed by atoms with Gasteiger partial charge in [-0.25, -0.2) is 0 Å². The Kier molecular flexibility index (Phi) is 5.02. The second kappa shape index (κ2) is 6.77. The summed E-state index contributed by atoms with van der Waals surface area (Å²) in [4.78, 5) is 0. The van der Waals surface area contributed by atoms with Crippen LogP contribution in [-0.4, -0.2) is 13.2 Å². The molecule has 0 spiro atoms. The van der Waals surface area contributed by atoms with Gasteiger partial charge in [-0.05, 0) is 36.4 Å². The average Bonchev–Trinajstić information content (AvgIpc) is 2.29. The van der Waals surface area contributed by atoms with Gasteiger partial charge in [0.15, 0.2) is 0 Å². The lowest BCUT2D eigenvalue weighted by molar-refractivity contribution is 0.0950. The van der Waals surface area contributed by atoms with E-state index in [4.69, 9.17) is 10.5 Å². The van der Waals surface area contributed by atoms with Crippen molar-refractivity contribution >= 4 is 0 Å². The van der Waals surface area contributed by atoms with Crippen LogP contribution in [0.1, 0.15) is 36.8 Å². The van der Waals surface area contributed by atoms with E-state index in [0.717, 1.165) is 32.1 Å². The van der Waals surface area contributed by atoms with Gasteiger partial charge in [0, 0.05) is 6.61 Å². The monoisotopic (exact) mass is 233 g/mol. The molecule has 0 unspecified atom stereocenters. The molecule has 17 heavy (non-hydrogen) atoms. The molecule has 0 bridgehead atoms. The van der Waals surface area contributed by atoms with Gasteiger partial charge in [-0.3, -0.25) is 0 Å². The predicted octanol–water partition coefficient (Wildman–Crippen LogP) is 2.89. The lowest BCUT2D eigenvalue weighted by atomic mass is 9.83. The molecule has 1 aromatic carbocycles. The molecule has 0 aliphatic heterocycles. The maximum absolute atomic E-state index is 5.70. The van der Waals surface area contributed by atoms with Crippen molar-refractivity contribution < 1.29 is 4.74 Å². The number of rotatable bonds is 7. The van der Waals surface area contributed by atoms with Crippen molar-refractivity contribution in [1.29, 1.82) is 0 Å². The molecule has 2 heteroatoms. The second-order valence-corrected chi connectivity index (χ2v) is 4.99. The van der Waals surface area contributed by atoms with E-state index in [2.05, 4.69) is 24.3 Å². The Morgan fingerprint density at radius 1 is 1.12 bits per heavy atom. The molecule has 0 atom stereocenters. The molecule has 0 saturated heterocycles. The highest BCUT2D eigenvalue weighted by Gasteiger charge is 2.16. The highest BCUT2D eigenvalue weighted by molar-refractivity contribution is 5.22. The zero-order chi connectivity index (χ0) is 11.9. The van der Waals surface area contributed by atoms with Crippen LogP contribution in [0.4, 0.5) is 0 Å². The van der Waals surface area contributed by atoms with E-state index in [0.29, 0.717) is 0 Å². The lowest BCUT2D eigenvalue weighted by Gasteiger charge is -2.24. The molecule has 1 aliphatic rings. The molecule has 1 aromatic rings. The van der Waals surface area contributed by atoms with Crippen LogP contribution in [0, 0.1) is 5.92 Å². The highest BCUT2D eigenvalue weighted by Crippen LogP contribution is 2.29. The predicted molar refractivity (Wildman–Crippen MR) is 70.8 cm³/mol. The molecule has 0 aromatic heterocycles. The Hall–Kier alpha value is -0.860. The van der Waals surface area contributed by atoms with Crippen molar-refractivity contribution in [1.82, 2.24) is 0 Å². The fraction of sp³-hybridized carbons (Fsp3) is 0.600. The third kappa shape index (κ3) is 4.14. The quantitative estimate of drug-likeness (QED) is 0.735. The fourth-order valence-electron chi connectivity index (χ4n) is 2.19. The van der Waals surface area contributed by atoms with Crippen molar-refractivity contribution in [3.8, 4) is 0 Å². The normalized spacial score (nSPS) is 15.8. The number of nitrogens with two attached hydrogens (primary N) is 1. The molecule has 0 amide bonds. The third-order valence-corrected chi connectivity index (χ3v) is 3.62. The van der Waals surface area contributed by atoms with Crippen LogP contribution < -0.4 is 5.73 Å². The topological polar surface area (TPSA) is 35.2 Å². The summed E-state index contributed by atoms with van der Waals surface area (Å²) >= 11 is 0. The van der Waals surface area contributed by atoms with Crippen LogP contribution in [0.15, 0.2) is 24.3 Å². The number of hydrogen-bond acceptors (Lipinski definition) is 2. The summed E-state index contributed by atoms with van der Waals surface area (Å²) in [6.07, 6.45) is 6.45. The summed E-state index contributed by atoms with van der Waals surface area (Å²) in [5.74, 6) is 0.946. The summed E-state index contributed by atoms with van der Waals surface area (Å²) in [5, 5.41) is 0. The van der Waals surface area contributed by atoms with E-state index in [1.165, 1.54) is 36.8 Å². The Morgan fingerprint density at radius 2 is 1.82 bits per heavy atom. The standard InChI is InChI=1S/C15H23NO/c16-10-8-14-4-6-15(7-5-14)12-17-11-9-13-2-1-3-13/h4-7,13H,1-3,8-12,16H2. The smallest absolute Gasteiger partial charge is 0.0716 e. The molecular formula is C15H23NO. The SMILES string of the molecule is NCCc1ccc(COCCC2CCC2)cc1. The summed E-state index contributed by atoms with van der Waals surface area (Å²) < 4.78 is 5.70. The Bertz CT molecular complexity index is 316. The molecule has 0 heterocycles. The first-order valence-electron chi connectivity index (χ1n) is 6.74. The van der Waals surface area contributed by atoms with Crippen LogP contribution in [0.2, 0.25) is 0 Å². The van der Waals surface area contributed by atoms with E-state index < -0.39 is 0 Å². The zero-order valence-electron chi connectivity index (χ0n) is 10.5. The summed E-state index contributed by atoms with van der Waals surface area (Å²) in [7, 11) is 0. The van der Waals surface area contributed by atoms with Crippen LogP contribution in [0.25, 0.3) is 0 Å². The average molecular weight is 233 g/mol. The largest absolute Gasteiger partial charge is 0.377 e. The summed E-state index contributed by atoms with van der Waals surface area (Å²) in [6.45, 7) is 2.38. The first-order chi connectivity index (χ1) is 8.38. The minimum atomic E-state index is 0.719. The van der Waals surface area contributed by atoms with Crippen molar-refractivity contribution in [2.24, 2.45) is 11.7 Å². The van der Waals surface area contributed by atoms with Crippen LogP contribution in [0.3, 0.4) is 0 Å². The molecule has 1 aliphatic carbocycles. The Balaban J connectivity index is 1.63. The van der Waals surface area contributed by atoms with Gasteiger partial charge in [-0.2, -0.15) is 0 Å². The maximum atomic E-state index is 5.70. The minimum Gasteiger partial charge on any atom is -0.377 e. The maximum Gasteiger partial charge on any atom is 0.0716 e. The van der Waals surface area contributed by atoms with Gasteiger partial charge in [0.05, 0.1) is 6.61 Å². The number of hydrogen-bond donors (Lipinski definition) is 1. The van der Waals surface area contributed by atoms with Crippen molar-refractivity contribution in [3.63, 3.8) is 0 Å². The van der Waals surface area contributed by atoms with Gasteiger partial charge < -0.3 is 10.5 Å². The minimum absolute atomic E-state index is 0.719. The van der Waals surface area contributed by atoms with Gasteiger partial charge in [0.1, 0.15) is 0 Å². The first kappa shape index (κ1) is 12.6. The second-order valence-electron chi connectivity index (χ2n) is 4.99. The van der Waals surface area contributed by atoms with Gasteiger partial charge in [-0.15, -0.1) is 0 Å². The highest BCUT2D eigenvalue weighted by atomic mass is 16.5. The van der Waals surface area contributed by atoms with Crippen LogP contribution in [0.5, 0.6) is 0 Å². The van der Waals surface area contributed by atoms with E-state index in [1.54, 1.807) is 0 Å². The lowest BCUT2D eigenvalue weighted by Crippen LogP contribution is -2.13. The zero-order valence-corrected chi connectivity index (χ0v) is 10.5. The van der Waals surface area contributed by atoms with Gasteiger partial charge >= 0.3 is 0 Å². The summed E-state index contributed by atoms with van der Waals surface area (Å²) in [6, 6.07) is 8.59. The number of benzene rings is 1. The van der Waals surface area contributed by atoms with Gasteiger partial charge in [-0.1, -0.05) is 43.5 Å². The molecule has 2 nitrogen and oxygen atoms in total. The molecule has 2 rings (SSSR count). The first-order valence-corrected chi connectivity index (χ1v) is 6.74. The van der Waals surface area contributed by atoms with E-state index in [-0.39, 0.29) is 0 Å². The van der Waals surface area contributed by atoms with E-state index in [1.807, 2.05) is 0 Å². The van der Waals surface area contributed by atoms with Crippen molar-refractivity contribution in [2.45, 2.75) is 38.7 Å². The molecular weight excluding hydrogens is 210 g/mol. The van der Waals surface area contributed by atoms with Gasteiger partial charge in [0.25, 0.3) is 0 Å². The molecule has 94 valence electrons. The molecule has 1 fully saturated rings. The molecule has 1 saturated carbocycles. The van der Waals surface area contributed by atoms with E-state index in [9.17, 15) is 0 Å². The Morgan fingerprint density at radius 3 is 2.41 bits per heavy atom. The van der Waals surface area contributed by atoms with E-state index >= 15 is 0 Å². The van der Waals surface area contributed by atoms with Crippen molar-refractivity contribution in [3.05, 3.63) is 35.4 Å². The van der Waals surface area contributed by atoms with Crippen molar-refractivity contribution in [2.75, 3.05) is 13.2 Å². The number of ether oxygens (including phenoxy) is 1. The van der Waals surface area contributed by atoms with Gasteiger partial charge in [0.2, 0.25) is 0 Å². The molecule has 0 radical (unpaired) electrons. The third-order valence-electron chi connectivity index (χ3n) is 3.62. The fourth-order valence-corrected chi connectivity index (χ4v) is 2.19.